The highest BCUT2D eigenvalue weighted by Gasteiger charge is 2.29. The fourth-order valence-electron chi connectivity index (χ4n) is 4.18. The van der Waals surface area contributed by atoms with Crippen LogP contribution in [0.25, 0.3) is 11.0 Å². The summed E-state index contributed by atoms with van der Waals surface area (Å²) in [7, 11) is 2.02. The van der Waals surface area contributed by atoms with Gasteiger partial charge in [0.1, 0.15) is 12.4 Å². The number of nitrogens with zero attached hydrogens (tertiary/aromatic N) is 4. The third-order valence-corrected chi connectivity index (χ3v) is 5.97. The summed E-state index contributed by atoms with van der Waals surface area (Å²) < 4.78 is 2.09. The Kier molecular flexibility index (Phi) is 9.11. The summed E-state index contributed by atoms with van der Waals surface area (Å²) in [6.45, 7) is 5.62. The molecule has 0 saturated carbocycles. The first-order valence-electron chi connectivity index (χ1n) is 11.4. The topological polar surface area (TPSA) is 74.5 Å². The van der Waals surface area contributed by atoms with Gasteiger partial charge >= 0.3 is 0 Å². The molecule has 0 aliphatic carbocycles. The van der Waals surface area contributed by atoms with Gasteiger partial charge in [0.05, 0.1) is 11.0 Å². The molecule has 2 aromatic carbocycles. The van der Waals surface area contributed by atoms with E-state index in [0.29, 0.717) is 13.0 Å². The van der Waals surface area contributed by atoms with Crippen molar-refractivity contribution in [2.24, 2.45) is 18.0 Å². The number of aromatic nitrogens is 2. The molecule has 8 heteroatoms. The molecule has 3 aromatic rings. The molecule has 1 aliphatic rings. The van der Waals surface area contributed by atoms with Crippen molar-refractivity contribution < 1.29 is 4.79 Å². The lowest BCUT2D eigenvalue weighted by Gasteiger charge is -2.18. The molecule has 1 aliphatic heterocycles. The summed E-state index contributed by atoms with van der Waals surface area (Å²) in [6, 6.07) is 18.5. The number of carbonyl (C=O) groups excluding carboxylic acids is 1. The SMILES string of the molecule is CCNC(=NCc1nc2ccccc2n1C)NCC1CC(=O)N(CCc2ccccc2)C1.I. The Bertz CT molecular complexity index is 1080. The number of aryl methyl sites for hydroxylation is 1. The predicted octanol–water partition coefficient (Wildman–Crippen LogP) is 3.34. The maximum Gasteiger partial charge on any atom is 0.223 e. The van der Waals surface area contributed by atoms with Crippen LogP contribution in [0.1, 0.15) is 24.7 Å². The van der Waals surface area contributed by atoms with E-state index in [4.69, 9.17) is 9.98 Å². The average Bonchev–Trinajstić information content (AvgIpc) is 3.34. The molecule has 33 heavy (non-hydrogen) atoms. The molecule has 1 atom stereocenters. The number of halogens is 1. The van der Waals surface area contributed by atoms with Gasteiger partial charge in [0, 0.05) is 45.6 Å². The minimum Gasteiger partial charge on any atom is -0.357 e. The highest BCUT2D eigenvalue weighted by atomic mass is 127. The van der Waals surface area contributed by atoms with Crippen molar-refractivity contribution in [2.45, 2.75) is 26.3 Å². The Hall–Kier alpha value is -2.62. The zero-order valence-corrected chi connectivity index (χ0v) is 21.7. The summed E-state index contributed by atoms with van der Waals surface area (Å²) >= 11 is 0. The largest absolute Gasteiger partial charge is 0.357 e. The van der Waals surface area contributed by atoms with Crippen molar-refractivity contribution in [3.63, 3.8) is 0 Å². The number of benzene rings is 2. The van der Waals surface area contributed by atoms with Gasteiger partial charge in [-0.15, -0.1) is 24.0 Å². The van der Waals surface area contributed by atoms with Crippen LogP contribution in [0.3, 0.4) is 0 Å². The van der Waals surface area contributed by atoms with Crippen molar-refractivity contribution in [3.8, 4) is 0 Å². The van der Waals surface area contributed by atoms with Crippen molar-refractivity contribution in [1.29, 1.82) is 0 Å². The Balaban J connectivity index is 0.00000306. The number of amides is 1. The number of nitrogens with one attached hydrogen (secondary N) is 2. The van der Waals surface area contributed by atoms with Crippen molar-refractivity contribution in [2.75, 3.05) is 26.2 Å². The first-order valence-corrected chi connectivity index (χ1v) is 11.4. The average molecular weight is 560 g/mol. The Morgan fingerprint density at radius 3 is 2.64 bits per heavy atom. The van der Waals surface area contributed by atoms with E-state index in [0.717, 1.165) is 55.4 Å². The second-order valence-electron chi connectivity index (χ2n) is 8.30. The summed E-state index contributed by atoms with van der Waals surface area (Å²) in [5, 5.41) is 6.73. The minimum absolute atomic E-state index is 0. The number of fused-ring (bicyclic) bond motifs is 1. The van der Waals surface area contributed by atoms with E-state index in [9.17, 15) is 4.79 Å². The second kappa shape index (κ2) is 12.0. The van der Waals surface area contributed by atoms with Crippen LogP contribution < -0.4 is 10.6 Å². The molecule has 176 valence electrons. The number of para-hydroxylation sites is 2. The van der Waals surface area contributed by atoms with Crippen LogP contribution in [-0.2, 0) is 24.8 Å². The van der Waals surface area contributed by atoms with Crippen LogP contribution in [0.15, 0.2) is 59.6 Å². The summed E-state index contributed by atoms with van der Waals surface area (Å²) in [5.74, 6) is 2.22. The van der Waals surface area contributed by atoms with Crippen LogP contribution in [-0.4, -0.2) is 52.5 Å². The Labute approximate surface area is 212 Å². The number of hydrogen-bond donors (Lipinski definition) is 2. The van der Waals surface area contributed by atoms with Crippen LogP contribution in [0, 0.1) is 5.92 Å². The van der Waals surface area contributed by atoms with E-state index in [2.05, 4.69) is 40.3 Å². The van der Waals surface area contributed by atoms with Gasteiger partial charge in [-0.3, -0.25) is 4.79 Å². The van der Waals surface area contributed by atoms with Crippen molar-refractivity contribution in [1.82, 2.24) is 25.1 Å². The smallest absolute Gasteiger partial charge is 0.223 e. The first-order chi connectivity index (χ1) is 15.6. The van der Waals surface area contributed by atoms with E-state index in [1.807, 2.05) is 48.3 Å². The minimum atomic E-state index is 0. The van der Waals surface area contributed by atoms with Crippen molar-refractivity contribution >= 4 is 46.9 Å². The monoisotopic (exact) mass is 560 g/mol. The third-order valence-electron chi connectivity index (χ3n) is 5.97. The van der Waals surface area contributed by atoms with Crippen LogP contribution in [0.2, 0.25) is 0 Å². The zero-order chi connectivity index (χ0) is 22.3. The molecule has 1 aromatic heterocycles. The Morgan fingerprint density at radius 1 is 1.12 bits per heavy atom. The van der Waals surface area contributed by atoms with E-state index in [-0.39, 0.29) is 35.8 Å². The predicted molar refractivity (Wildman–Crippen MR) is 144 cm³/mol. The van der Waals surface area contributed by atoms with Gasteiger partial charge < -0.3 is 20.1 Å². The second-order valence-corrected chi connectivity index (χ2v) is 8.30. The Morgan fingerprint density at radius 2 is 1.88 bits per heavy atom. The number of imidazole rings is 1. The molecule has 1 fully saturated rings. The number of hydrogen-bond acceptors (Lipinski definition) is 3. The van der Waals surface area contributed by atoms with E-state index >= 15 is 0 Å². The van der Waals surface area contributed by atoms with Gasteiger partial charge in [-0.25, -0.2) is 9.98 Å². The maximum absolute atomic E-state index is 12.5. The molecule has 0 spiro atoms. The molecular weight excluding hydrogens is 527 g/mol. The number of guanidine groups is 1. The quantitative estimate of drug-likeness (QED) is 0.252. The number of rotatable bonds is 8. The summed E-state index contributed by atoms with van der Waals surface area (Å²) in [5.41, 5.74) is 3.36. The normalized spacial score (nSPS) is 16.2. The van der Waals surface area contributed by atoms with Gasteiger partial charge in [-0.05, 0) is 31.0 Å². The van der Waals surface area contributed by atoms with E-state index < -0.39 is 0 Å². The van der Waals surface area contributed by atoms with Gasteiger partial charge in [-0.2, -0.15) is 0 Å². The zero-order valence-electron chi connectivity index (χ0n) is 19.3. The van der Waals surface area contributed by atoms with E-state index in [1.54, 1.807) is 0 Å². The molecule has 0 radical (unpaired) electrons. The van der Waals surface area contributed by atoms with Gasteiger partial charge in [0.25, 0.3) is 0 Å². The lowest BCUT2D eigenvalue weighted by molar-refractivity contribution is -0.127. The van der Waals surface area contributed by atoms with Gasteiger partial charge in [0.15, 0.2) is 5.96 Å². The third kappa shape index (κ3) is 6.46. The molecule has 7 nitrogen and oxygen atoms in total. The molecule has 4 rings (SSSR count). The standard InChI is InChI=1S/C25H32N6O.HI/c1-3-26-25(28-17-23-29-21-11-7-8-12-22(21)30(23)2)27-16-20-15-24(32)31(18-20)14-13-19-9-5-4-6-10-19;/h4-12,20H,3,13-18H2,1-2H3,(H2,26,27,28);1H. The molecule has 1 amide bonds. The number of carbonyl (C=O) groups is 1. The van der Waals surface area contributed by atoms with Gasteiger partial charge in [-0.1, -0.05) is 42.5 Å². The highest BCUT2D eigenvalue weighted by molar-refractivity contribution is 14.0. The van der Waals surface area contributed by atoms with Gasteiger partial charge in [0.2, 0.25) is 5.91 Å². The lowest BCUT2D eigenvalue weighted by atomic mass is 10.1. The molecule has 1 saturated heterocycles. The van der Waals surface area contributed by atoms with Crippen LogP contribution >= 0.6 is 24.0 Å². The fourth-order valence-corrected chi connectivity index (χ4v) is 4.18. The first kappa shape index (κ1) is 25.0. The lowest BCUT2D eigenvalue weighted by Crippen LogP contribution is -2.40. The fraction of sp³-hybridized carbons (Fsp3) is 0.400. The van der Waals surface area contributed by atoms with Crippen LogP contribution in [0.4, 0.5) is 0 Å². The molecule has 1 unspecified atom stereocenters. The summed E-state index contributed by atoms with van der Waals surface area (Å²) in [6.07, 6.45) is 1.49. The molecule has 0 bridgehead atoms. The molecule has 2 heterocycles. The number of aliphatic imine (C=N–C) groups is 1. The van der Waals surface area contributed by atoms with Crippen LogP contribution in [0.5, 0.6) is 0 Å². The molecular formula is C25H33IN6O. The van der Waals surface area contributed by atoms with Crippen molar-refractivity contribution in [3.05, 3.63) is 66.0 Å². The molecule has 2 N–H and O–H groups in total. The maximum atomic E-state index is 12.5. The summed E-state index contributed by atoms with van der Waals surface area (Å²) in [4.78, 5) is 23.9. The van der Waals surface area contributed by atoms with E-state index in [1.165, 1.54) is 5.56 Å². The highest BCUT2D eigenvalue weighted by Crippen LogP contribution is 2.18. The number of likely N-dealkylation sites (tertiary alicyclic amines) is 1.